The first-order valence-corrected chi connectivity index (χ1v) is 27.1. The number of nitrogens with zero attached hydrogens (tertiary/aromatic N) is 2. The molecule has 10 heteroatoms. The Balaban J connectivity index is 1.11. The molecule has 0 radical (unpaired) electrons. The van der Waals surface area contributed by atoms with Gasteiger partial charge in [-0.2, -0.15) is 0 Å². The number of carbonyl (C=O) groups is 2. The first-order chi connectivity index (χ1) is 38.3. The normalized spacial score (nSPS) is 11.9. The molecule has 0 atom stereocenters. The van der Waals surface area contributed by atoms with E-state index in [4.69, 9.17) is 24.2 Å². The highest BCUT2D eigenvalue weighted by Crippen LogP contribution is 2.50. The van der Waals surface area contributed by atoms with Gasteiger partial charge in [-0.1, -0.05) is 104 Å². The van der Waals surface area contributed by atoms with Crippen LogP contribution in [-0.2, 0) is 14.3 Å². The van der Waals surface area contributed by atoms with Crippen LogP contribution in [0.15, 0.2) is 133 Å². The predicted molar refractivity (Wildman–Crippen MR) is 323 cm³/mol. The van der Waals surface area contributed by atoms with Crippen molar-refractivity contribution in [2.45, 2.75) is 61.8 Å². The quantitative estimate of drug-likeness (QED) is 0.0745. The van der Waals surface area contributed by atoms with Crippen molar-refractivity contribution < 1.29 is 23.8 Å². The van der Waals surface area contributed by atoms with Crippen LogP contribution in [0.5, 0.6) is 5.75 Å². The number of amides is 1. The Hall–Kier alpha value is -9.28. The lowest BCUT2D eigenvalue weighted by Gasteiger charge is -2.15. The van der Waals surface area contributed by atoms with E-state index < -0.39 is 12.1 Å². The number of aromatic nitrogens is 4. The number of rotatable bonds is 9. The lowest BCUT2D eigenvalue weighted by molar-refractivity contribution is -0.138. The van der Waals surface area contributed by atoms with Gasteiger partial charge in [0.05, 0.1) is 53.4 Å². The first-order valence-electron chi connectivity index (χ1n) is 27.1. The van der Waals surface area contributed by atoms with Crippen LogP contribution in [0.3, 0.4) is 0 Å². The van der Waals surface area contributed by atoms with Crippen LogP contribution in [0.4, 0.5) is 4.79 Å². The maximum atomic E-state index is 12.7. The van der Waals surface area contributed by atoms with Crippen molar-refractivity contribution in [2.24, 2.45) is 0 Å². The highest BCUT2D eigenvalue weighted by Gasteiger charge is 2.28. The number of alkyl carbamates (subject to hydrolysis) is 1. The molecule has 10 nitrogen and oxygen atoms in total. The maximum absolute atomic E-state index is 12.7. The van der Waals surface area contributed by atoms with Crippen molar-refractivity contribution in [3.8, 4) is 50.8 Å². The van der Waals surface area contributed by atoms with Crippen LogP contribution in [0.2, 0.25) is 0 Å². The van der Waals surface area contributed by atoms with Crippen LogP contribution in [0.25, 0.3) is 132 Å². The van der Waals surface area contributed by atoms with Gasteiger partial charge in [-0.05, 0) is 156 Å². The zero-order chi connectivity index (χ0) is 54.5. The number of esters is 1. The second-order valence-electron chi connectivity index (χ2n) is 21.3. The van der Waals surface area contributed by atoms with Gasteiger partial charge in [-0.3, -0.25) is 0 Å². The fourth-order valence-corrected chi connectivity index (χ4v) is 12.9. The standard InChI is InChI=1S/C69H59N5O5/c1-35(2)68(75)78-30-27-70-69(76)79-29-18-28-77-67-50-26-17-16-25-49(50)42(9)65-57-33-55-63-40(7)47-23-13-12-21-45(47)38(5)61(63)53(72-55)31-51-59-36(3)43-19-10-11-20-44(43)37(4)60(59)52(71-51)32-54-62-39(6)46-22-14-15-24-48(46)41(8)64(62)56(73-54)34-58(74-57)66(65)67/h10-17,19-26,31-34,71,74H,1,18,27-30H2,2-9H3,(H,70,76). The Kier molecular flexibility index (Phi) is 11.9. The van der Waals surface area contributed by atoms with Crippen molar-refractivity contribution >= 4 is 98.8 Å². The molecule has 2 aliphatic rings. The van der Waals surface area contributed by atoms with Crippen molar-refractivity contribution in [3.05, 3.63) is 172 Å². The van der Waals surface area contributed by atoms with Gasteiger partial charge < -0.3 is 29.5 Å². The molecule has 8 aromatic carbocycles. The predicted octanol–water partition coefficient (Wildman–Crippen LogP) is 16.7. The Bertz CT molecular complexity index is 4670. The van der Waals surface area contributed by atoms with E-state index in [1.807, 2.05) is 6.07 Å². The highest BCUT2D eigenvalue weighted by atomic mass is 16.6. The summed E-state index contributed by atoms with van der Waals surface area (Å²) in [5.41, 5.74) is 20.2. The third-order valence-corrected chi connectivity index (χ3v) is 16.6. The van der Waals surface area contributed by atoms with E-state index >= 15 is 0 Å². The molecule has 0 aliphatic carbocycles. The molecule has 0 saturated carbocycles. The number of H-pyrrole nitrogens is 2. The largest absolute Gasteiger partial charge is 0.492 e. The number of aryl methyl sites for hydroxylation is 7. The summed E-state index contributed by atoms with van der Waals surface area (Å²) in [5.74, 6) is 0.211. The molecule has 0 saturated heterocycles. The van der Waals surface area contributed by atoms with E-state index in [2.05, 4.69) is 186 Å². The number of carbonyl (C=O) groups excluding carboxylic acids is 2. The average molecular weight is 1040 g/mol. The minimum Gasteiger partial charge on any atom is -0.492 e. The second kappa shape index (κ2) is 19.0. The summed E-state index contributed by atoms with van der Waals surface area (Å²) >= 11 is 0. The molecule has 2 aliphatic heterocycles. The van der Waals surface area contributed by atoms with E-state index in [0.717, 1.165) is 106 Å². The molecule has 79 heavy (non-hydrogen) atoms. The number of hydrogen-bond donors (Lipinski definition) is 3. The monoisotopic (exact) mass is 1040 g/mol. The van der Waals surface area contributed by atoms with Gasteiger partial charge in [0, 0.05) is 72.3 Å². The van der Waals surface area contributed by atoms with Crippen molar-refractivity contribution in [3.63, 3.8) is 0 Å². The average Bonchev–Trinajstić information content (AvgIpc) is 4.44. The Labute approximate surface area is 457 Å². The number of fused-ring (bicyclic) bond motifs is 24. The fraction of sp³-hybridized carbons (Fsp3) is 0.188. The van der Waals surface area contributed by atoms with Gasteiger partial charge in [0.15, 0.2) is 0 Å². The summed E-state index contributed by atoms with van der Waals surface area (Å²) in [7, 11) is 0. The second-order valence-corrected chi connectivity index (χ2v) is 21.3. The smallest absolute Gasteiger partial charge is 0.407 e. The van der Waals surface area contributed by atoms with E-state index in [0.29, 0.717) is 12.0 Å². The first kappa shape index (κ1) is 49.3. The minimum atomic E-state index is -0.603. The molecule has 3 aromatic heterocycles. The van der Waals surface area contributed by atoms with Crippen LogP contribution < -0.4 is 10.1 Å². The van der Waals surface area contributed by atoms with Gasteiger partial charge in [-0.25, -0.2) is 19.6 Å². The molecule has 11 aromatic rings. The van der Waals surface area contributed by atoms with Gasteiger partial charge >= 0.3 is 12.1 Å². The number of benzene rings is 8. The van der Waals surface area contributed by atoms with Gasteiger partial charge in [0.1, 0.15) is 12.4 Å². The molecule has 0 spiro atoms. The number of ether oxygens (including phenoxy) is 3. The molecule has 0 fully saturated rings. The lowest BCUT2D eigenvalue weighted by atomic mass is 9.88. The highest BCUT2D eigenvalue weighted by molar-refractivity contribution is 6.22. The molecule has 1 amide bonds. The SMILES string of the molecule is C=C(C)C(=O)OCCNC(=O)OCCCOc1c2ccccc2c(C)c2c3cc4nc(cc5[nH]c(cc6nc(cc([nH]3)c12)-c1c-6c(C)c2ccccc2c1C)c1c(C)c2ccccc2c(C)c51)-c1c-4c(C)c2ccccc2c1C. The molecule has 13 rings (SSSR count). The Morgan fingerprint density at radius 3 is 1.19 bits per heavy atom. The van der Waals surface area contributed by atoms with Crippen molar-refractivity contribution in [1.29, 1.82) is 0 Å². The molecule has 8 bridgehead atoms. The van der Waals surface area contributed by atoms with Crippen LogP contribution in [0.1, 0.15) is 52.3 Å². The van der Waals surface area contributed by atoms with E-state index in [1.165, 1.54) is 70.9 Å². The summed E-state index contributed by atoms with van der Waals surface area (Å²) in [6, 6.07) is 43.5. The van der Waals surface area contributed by atoms with E-state index in [1.54, 1.807) is 6.92 Å². The lowest BCUT2D eigenvalue weighted by Crippen LogP contribution is -2.29. The van der Waals surface area contributed by atoms with Gasteiger partial charge in [0.25, 0.3) is 0 Å². The third kappa shape index (κ3) is 7.83. The molecular formula is C69H59N5O5. The maximum Gasteiger partial charge on any atom is 0.407 e. The third-order valence-electron chi connectivity index (χ3n) is 16.6. The van der Waals surface area contributed by atoms with Crippen molar-refractivity contribution in [2.75, 3.05) is 26.4 Å². The molecular weight excluding hydrogens is 979 g/mol. The molecule has 5 heterocycles. The van der Waals surface area contributed by atoms with E-state index in [9.17, 15) is 9.59 Å². The zero-order valence-electron chi connectivity index (χ0n) is 45.7. The summed E-state index contributed by atoms with van der Waals surface area (Å²) in [4.78, 5) is 44.0. The van der Waals surface area contributed by atoms with Crippen LogP contribution >= 0.6 is 0 Å². The zero-order valence-corrected chi connectivity index (χ0v) is 45.7. The molecule has 3 N–H and O–H groups in total. The molecule has 0 unspecified atom stereocenters. The van der Waals surface area contributed by atoms with E-state index in [-0.39, 0.29) is 26.4 Å². The molecule has 390 valence electrons. The Morgan fingerprint density at radius 2 is 0.797 bits per heavy atom. The van der Waals surface area contributed by atoms with Crippen molar-refractivity contribution in [1.82, 2.24) is 25.3 Å². The van der Waals surface area contributed by atoms with Gasteiger partial charge in [-0.15, -0.1) is 0 Å². The summed E-state index contributed by atoms with van der Waals surface area (Å²) < 4.78 is 17.7. The summed E-state index contributed by atoms with van der Waals surface area (Å²) in [6.45, 7) is 21.3. The summed E-state index contributed by atoms with van der Waals surface area (Å²) in [5, 5.41) is 16.2. The number of aromatic amines is 2. The number of hydrogen-bond acceptors (Lipinski definition) is 7. The van der Waals surface area contributed by atoms with Gasteiger partial charge in [0.2, 0.25) is 0 Å². The minimum absolute atomic E-state index is 0.0108. The topological polar surface area (TPSA) is 131 Å². The Morgan fingerprint density at radius 1 is 0.456 bits per heavy atom. The fourth-order valence-electron chi connectivity index (χ4n) is 12.9. The number of nitrogens with one attached hydrogen (secondary N) is 3. The van der Waals surface area contributed by atoms with Crippen LogP contribution in [-0.4, -0.2) is 58.4 Å². The summed E-state index contributed by atoms with van der Waals surface area (Å²) in [6.07, 6.45) is -0.184. The van der Waals surface area contributed by atoms with Crippen LogP contribution in [0, 0.1) is 48.5 Å².